The summed E-state index contributed by atoms with van der Waals surface area (Å²) in [4.78, 5) is 12.0. The van der Waals surface area contributed by atoms with E-state index < -0.39 is 5.91 Å². The van der Waals surface area contributed by atoms with Crippen LogP contribution < -0.4 is 5.43 Å². The quantitative estimate of drug-likeness (QED) is 0.571. The van der Waals surface area contributed by atoms with Crippen molar-refractivity contribution in [2.45, 2.75) is 6.92 Å². The number of fused-ring (bicyclic) bond motifs is 1. The molecule has 3 rings (SSSR count). The Kier molecular flexibility index (Phi) is 3.19. The molecular formula is C15H12N2O4. The van der Waals surface area contributed by atoms with E-state index in [1.165, 1.54) is 24.8 Å². The number of carbonyl (C=O) groups is 1. The number of furan rings is 2. The highest BCUT2D eigenvalue weighted by Crippen LogP contribution is 2.32. The molecule has 6 nitrogen and oxygen atoms in total. The van der Waals surface area contributed by atoms with Crippen LogP contribution in [0.15, 0.2) is 50.7 Å². The smallest absolute Gasteiger partial charge is 0.275 e. The number of phenolic OH excluding ortho intramolecular Hbond substituents is 1. The maximum Gasteiger partial charge on any atom is 0.275 e. The number of amides is 1. The van der Waals surface area contributed by atoms with Crippen LogP contribution in [0.4, 0.5) is 0 Å². The standard InChI is InChI=1S/C15H12N2O4/c1-9-8-21-12-5-4-11(14(18)13(9)12)15(19)17-16-7-10-3-2-6-20-10/h2-8,18H,1H3,(H,17,19)/b16-7+. The van der Waals surface area contributed by atoms with Gasteiger partial charge < -0.3 is 13.9 Å². The molecule has 1 aromatic carbocycles. The fraction of sp³-hybridized carbons (Fsp3) is 0.0667. The first-order valence-electron chi connectivity index (χ1n) is 6.23. The van der Waals surface area contributed by atoms with Crippen LogP contribution in [-0.2, 0) is 0 Å². The van der Waals surface area contributed by atoms with E-state index in [-0.39, 0.29) is 11.3 Å². The molecule has 0 saturated carbocycles. The molecule has 0 fully saturated rings. The van der Waals surface area contributed by atoms with Crippen molar-refractivity contribution in [2.24, 2.45) is 5.10 Å². The second-order valence-corrected chi connectivity index (χ2v) is 4.47. The predicted octanol–water partition coefficient (Wildman–Crippen LogP) is 2.80. The normalized spacial score (nSPS) is 11.3. The van der Waals surface area contributed by atoms with Crippen molar-refractivity contribution in [2.75, 3.05) is 0 Å². The molecule has 0 bridgehead atoms. The van der Waals surface area contributed by atoms with Gasteiger partial charge in [0.05, 0.1) is 29.7 Å². The van der Waals surface area contributed by atoms with Gasteiger partial charge in [-0.05, 0) is 36.8 Å². The van der Waals surface area contributed by atoms with Crippen LogP contribution in [0.3, 0.4) is 0 Å². The number of nitrogens with one attached hydrogen (secondary N) is 1. The van der Waals surface area contributed by atoms with Gasteiger partial charge in [0, 0.05) is 0 Å². The van der Waals surface area contributed by atoms with Crippen molar-refractivity contribution >= 4 is 23.1 Å². The lowest BCUT2D eigenvalue weighted by Gasteiger charge is -2.04. The molecule has 0 spiro atoms. The van der Waals surface area contributed by atoms with Crippen LogP contribution in [0.5, 0.6) is 5.75 Å². The first-order valence-corrected chi connectivity index (χ1v) is 6.23. The van der Waals surface area contributed by atoms with Gasteiger partial charge in [0.2, 0.25) is 0 Å². The third-order valence-electron chi connectivity index (χ3n) is 3.04. The number of benzene rings is 1. The summed E-state index contributed by atoms with van der Waals surface area (Å²) in [5.74, 6) is -0.122. The van der Waals surface area contributed by atoms with Gasteiger partial charge in [-0.3, -0.25) is 4.79 Å². The summed E-state index contributed by atoms with van der Waals surface area (Å²) < 4.78 is 10.3. The number of rotatable bonds is 3. The molecule has 2 aromatic heterocycles. The molecule has 0 aliphatic heterocycles. The van der Waals surface area contributed by atoms with Gasteiger partial charge in [-0.2, -0.15) is 5.10 Å². The predicted molar refractivity (Wildman–Crippen MR) is 76.4 cm³/mol. The van der Waals surface area contributed by atoms with Crippen molar-refractivity contribution < 1.29 is 18.7 Å². The van der Waals surface area contributed by atoms with Crippen LogP contribution >= 0.6 is 0 Å². The Hall–Kier alpha value is -3.02. The molecule has 21 heavy (non-hydrogen) atoms. The summed E-state index contributed by atoms with van der Waals surface area (Å²) in [6, 6.07) is 6.53. The van der Waals surface area contributed by atoms with Crippen LogP contribution in [0.25, 0.3) is 11.0 Å². The SMILES string of the molecule is Cc1coc2ccc(C(=O)N/N=C/c3ccco3)c(O)c12. The van der Waals surface area contributed by atoms with Crippen molar-refractivity contribution in [1.82, 2.24) is 5.43 Å². The minimum atomic E-state index is -0.516. The van der Waals surface area contributed by atoms with Crippen molar-refractivity contribution in [3.05, 3.63) is 53.7 Å². The highest BCUT2D eigenvalue weighted by Gasteiger charge is 2.16. The molecule has 6 heteroatoms. The number of hydrogen-bond donors (Lipinski definition) is 2. The molecule has 3 aromatic rings. The maximum absolute atomic E-state index is 12.0. The average molecular weight is 284 g/mol. The largest absolute Gasteiger partial charge is 0.506 e. The van der Waals surface area contributed by atoms with Gasteiger partial charge in [-0.15, -0.1) is 0 Å². The zero-order chi connectivity index (χ0) is 14.8. The fourth-order valence-electron chi connectivity index (χ4n) is 2.03. The Morgan fingerprint density at radius 2 is 2.19 bits per heavy atom. The average Bonchev–Trinajstić information content (AvgIpc) is 3.09. The number of carbonyl (C=O) groups excluding carboxylic acids is 1. The van der Waals surface area contributed by atoms with Crippen molar-refractivity contribution in [1.29, 1.82) is 0 Å². The van der Waals surface area contributed by atoms with E-state index >= 15 is 0 Å². The molecule has 0 unspecified atom stereocenters. The minimum absolute atomic E-state index is 0.121. The zero-order valence-electron chi connectivity index (χ0n) is 11.2. The number of phenols is 1. The van der Waals surface area contributed by atoms with Gasteiger partial charge >= 0.3 is 0 Å². The van der Waals surface area contributed by atoms with Crippen molar-refractivity contribution in [3.8, 4) is 5.75 Å². The lowest BCUT2D eigenvalue weighted by Crippen LogP contribution is -2.17. The highest BCUT2D eigenvalue weighted by atomic mass is 16.3. The first-order chi connectivity index (χ1) is 10.2. The molecule has 0 aliphatic carbocycles. The molecule has 0 saturated heterocycles. The Labute approximate surface area is 119 Å². The number of aromatic hydroxyl groups is 1. The monoisotopic (exact) mass is 284 g/mol. The highest BCUT2D eigenvalue weighted by molar-refractivity contribution is 6.03. The molecule has 0 atom stereocenters. The van der Waals surface area contributed by atoms with Gasteiger partial charge in [0.25, 0.3) is 5.91 Å². The zero-order valence-corrected chi connectivity index (χ0v) is 11.2. The summed E-state index contributed by atoms with van der Waals surface area (Å²) in [5, 5.41) is 14.5. The lowest BCUT2D eigenvalue weighted by molar-refractivity contribution is 0.0952. The molecule has 0 radical (unpaired) electrons. The van der Waals surface area contributed by atoms with E-state index in [4.69, 9.17) is 8.83 Å². The fourth-order valence-corrected chi connectivity index (χ4v) is 2.03. The third kappa shape index (κ3) is 2.38. The van der Waals surface area contributed by atoms with Crippen molar-refractivity contribution in [3.63, 3.8) is 0 Å². The van der Waals surface area contributed by atoms with Crippen LogP contribution in [-0.4, -0.2) is 17.2 Å². The third-order valence-corrected chi connectivity index (χ3v) is 3.04. The summed E-state index contributed by atoms with van der Waals surface area (Å²) in [5.41, 5.74) is 3.75. The molecule has 0 aliphatic rings. The van der Waals surface area contributed by atoms with Gasteiger partial charge in [-0.25, -0.2) is 5.43 Å². The van der Waals surface area contributed by atoms with E-state index in [0.29, 0.717) is 16.7 Å². The van der Waals surface area contributed by atoms with E-state index in [1.54, 1.807) is 25.1 Å². The Bertz CT molecular complexity index is 816. The Balaban J connectivity index is 1.84. The second kappa shape index (κ2) is 5.16. The molecule has 2 N–H and O–H groups in total. The summed E-state index contributed by atoms with van der Waals surface area (Å²) in [6.45, 7) is 1.79. The number of hydrazone groups is 1. The van der Waals surface area contributed by atoms with E-state index in [0.717, 1.165) is 5.56 Å². The summed E-state index contributed by atoms with van der Waals surface area (Å²) in [6.07, 6.45) is 4.41. The number of hydrogen-bond acceptors (Lipinski definition) is 5. The van der Waals surface area contributed by atoms with Crippen LogP contribution in [0.2, 0.25) is 0 Å². The summed E-state index contributed by atoms with van der Waals surface area (Å²) in [7, 11) is 0. The van der Waals surface area contributed by atoms with Gasteiger partial charge in [-0.1, -0.05) is 0 Å². The first kappa shape index (κ1) is 13.0. The van der Waals surface area contributed by atoms with E-state index in [1.807, 2.05) is 0 Å². The van der Waals surface area contributed by atoms with Gasteiger partial charge in [0.15, 0.2) is 0 Å². The molecule has 1 amide bonds. The second-order valence-electron chi connectivity index (χ2n) is 4.47. The Morgan fingerprint density at radius 1 is 1.33 bits per heavy atom. The topological polar surface area (TPSA) is 88.0 Å². The maximum atomic E-state index is 12.0. The Morgan fingerprint density at radius 3 is 2.95 bits per heavy atom. The van der Waals surface area contributed by atoms with E-state index in [9.17, 15) is 9.90 Å². The van der Waals surface area contributed by atoms with Gasteiger partial charge in [0.1, 0.15) is 17.1 Å². The molecule has 2 heterocycles. The van der Waals surface area contributed by atoms with E-state index in [2.05, 4.69) is 10.5 Å². The lowest BCUT2D eigenvalue weighted by atomic mass is 10.1. The van der Waals surface area contributed by atoms with Crippen LogP contribution in [0.1, 0.15) is 21.7 Å². The number of nitrogens with zero attached hydrogens (tertiary/aromatic N) is 1. The van der Waals surface area contributed by atoms with Crippen LogP contribution in [0, 0.1) is 6.92 Å². The molecule has 106 valence electrons. The minimum Gasteiger partial charge on any atom is -0.506 e. The number of aryl methyl sites for hydroxylation is 1. The molecular weight excluding hydrogens is 272 g/mol. The summed E-state index contributed by atoms with van der Waals surface area (Å²) >= 11 is 0.